The summed E-state index contributed by atoms with van der Waals surface area (Å²) in [7, 11) is 0. The van der Waals surface area contributed by atoms with E-state index in [1.165, 1.54) is 11.3 Å². The third kappa shape index (κ3) is 4.13. The van der Waals surface area contributed by atoms with Crippen molar-refractivity contribution >= 4 is 5.69 Å². The lowest BCUT2D eigenvalue weighted by Crippen LogP contribution is -2.36. The second kappa shape index (κ2) is 7.98. The number of nitrogens with zero attached hydrogens (tertiary/aromatic N) is 4. The maximum atomic E-state index is 9.08. The molecule has 0 spiro atoms. The van der Waals surface area contributed by atoms with E-state index in [0.717, 1.165) is 43.4 Å². The molecular formula is C22H20N4O. The Kier molecular flexibility index (Phi) is 5.08. The van der Waals surface area contributed by atoms with Gasteiger partial charge >= 0.3 is 0 Å². The van der Waals surface area contributed by atoms with Crippen LogP contribution < -0.4 is 4.90 Å². The zero-order chi connectivity index (χ0) is 18.5. The molecule has 0 N–H and O–H groups in total. The summed E-state index contributed by atoms with van der Waals surface area (Å²) in [6.45, 7) is 3.45. The Labute approximate surface area is 158 Å². The molecule has 4 rings (SSSR count). The van der Waals surface area contributed by atoms with Gasteiger partial charge in [0, 0.05) is 37.0 Å². The molecule has 0 radical (unpaired) electrons. The summed E-state index contributed by atoms with van der Waals surface area (Å²) in [6, 6.07) is 20.1. The van der Waals surface area contributed by atoms with Crippen molar-refractivity contribution < 1.29 is 4.74 Å². The van der Waals surface area contributed by atoms with Crippen LogP contribution in [0.15, 0.2) is 60.8 Å². The van der Waals surface area contributed by atoms with Crippen LogP contribution in [0, 0.1) is 11.3 Å². The normalized spacial score (nSPS) is 14.0. The Bertz CT molecular complexity index is 957. The van der Waals surface area contributed by atoms with E-state index in [1.807, 2.05) is 24.3 Å². The number of rotatable bonds is 4. The summed E-state index contributed by atoms with van der Waals surface area (Å²) in [5.74, 6) is 0.772. The maximum Gasteiger partial charge on any atom is 0.133 e. The molecule has 27 heavy (non-hydrogen) atoms. The van der Waals surface area contributed by atoms with E-state index < -0.39 is 0 Å². The number of aromatic nitrogens is 2. The van der Waals surface area contributed by atoms with Crippen LogP contribution in [0.25, 0.3) is 11.3 Å². The molecular weight excluding hydrogens is 336 g/mol. The zero-order valence-electron chi connectivity index (χ0n) is 15.0. The van der Waals surface area contributed by atoms with Crippen LogP contribution in [-0.2, 0) is 11.2 Å². The Morgan fingerprint density at radius 2 is 1.85 bits per heavy atom. The average molecular weight is 356 g/mol. The summed E-state index contributed by atoms with van der Waals surface area (Å²) in [4.78, 5) is 11.4. The summed E-state index contributed by atoms with van der Waals surface area (Å²) < 4.78 is 5.41. The van der Waals surface area contributed by atoms with E-state index >= 15 is 0 Å². The average Bonchev–Trinajstić information content (AvgIpc) is 2.75. The van der Waals surface area contributed by atoms with Crippen LogP contribution in [0.4, 0.5) is 5.69 Å². The first kappa shape index (κ1) is 17.2. The van der Waals surface area contributed by atoms with Gasteiger partial charge in [-0.3, -0.25) is 0 Å². The number of nitriles is 1. The summed E-state index contributed by atoms with van der Waals surface area (Å²) >= 11 is 0. The van der Waals surface area contributed by atoms with Gasteiger partial charge in [0.2, 0.25) is 0 Å². The van der Waals surface area contributed by atoms with Crippen LogP contribution in [0.3, 0.4) is 0 Å². The molecule has 1 aliphatic heterocycles. The highest BCUT2D eigenvalue weighted by atomic mass is 16.5. The van der Waals surface area contributed by atoms with Gasteiger partial charge in [-0.05, 0) is 35.9 Å². The van der Waals surface area contributed by atoms with E-state index in [9.17, 15) is 0 Å². The maximum absolute atomic E-state index is 9.08. The molecule has 134 valence electrons. The second-order valence-electron chi connectivity index (χ2n) is 6.49. The molecule has 0 bridgehead atoms. The molecule has 0 atom stereocenters. The van der Waals surface area contributed by atoms with Gasteiger partial charge < -0.3 is 9.64 Å². The highest BCUT2D eigenvalue weighted by molar-refractivity contribution is 5.61. The third-order valence-corrected chi connectivity index (χ3v) is 4.67. The highest BCUT2D eigenvalue weighted by Crippen LogP contribution is 2.20. The lowest BCUT2D eigenvalue weighted by molar-refractivity contribution is 0.122. The molecule has 5 nitrogen and oxygen atoms in total. The van der Waals surface area contributed by atoms with Gasteiger partial charge in [0.1, 0.15) is 5.82 Å². The van der Waals surface area contributed by atoms with Crippen LogP contribution in [0.1, 0.15) is 17.0 Å². The largest absolute Gasteiger partial charge is 0.378 e. The first-order chi connectivity index (χ1) is 13.3. The van der Waals surface area contributed by atoms with Gasteiger partial charge in [0.15, 0.2) is 0 Å². The Hall–Kier alpha value is -3.23. The Morgan fingerprint density at radius 3 is 2.63 bits per heavy atom. The minimum Gasteiger partial charge on any atom is -0.378 e. The molecule has 1 saturated heterocycles. The summed E-state index contributed by atoms with van der Waals surface area (Å²) in [5.41, 5.74) is 4.80. The van der Waals surface area contributed by atoms with Crippen molar-refractivity contribution in [1.82, 2.24) is 9.97 Å². The van der Waals surface area contributed by atoms with Crippen molar-refractivity contribution in [3.05, 3.63) is 77.7 Å². The number of anilines is 1. The van der Waals surface area contributed by atoms with Crippen molar-refractivity contribution in [2.75, 3.05) is 31.2 Å². The first-order valence-electron chi connectivity index (χ1n) is 9.06. The number of hydrogen-bond donors (Lipinski definition) is 0. The summed E-state index contributed by atoms with van der Waals surface area (Å²) in [6.07, 6.45) is 2.45. The van der Waals surface area contributed by atoms with Gasteiger partial charge in [-0.25, -0.2) is 9.97 Å². The topological polar surface area (TPSA) is 62.0 Å². The van der Waals surface area contributed by atoms with Crippen molar-refractivity contribution in [2.45, 2.75) is 6.42 Å². The van der Waals surface area contributed by atoms with Gasteiger partial charge in [-0.1, -0.05) is 24.3 Å². The zero-order valence-corrected chi connectivity index (χ0v) is 15.0. The van der Waals surface area contributed by atoms with Crippen LogP contribution in [-0.4, -0.2) is 36.3 Å². The van der Waals surface area contributed by atoms with E-state index in [1.54, 1.807) is 12.3 Å². The molecule has 0 unspecified atom stereocenters. The fourth-order valence-corrected chi connectivity index (χ4v) is 3.22. The van der Waals surface area contributed by atoms with E-state index in [0.29, 0.717) is 12.0 Å². The SMILES string of the molecule is N#Cc1cccc(-c2ccnc(Cc3ccc(N4CCOCC4)cc3)n2)c1. The van der Waals surface area contributed by atoms with E-state index in [-0.39, 0.29) is 0 Å². The predicted molar refractivity (Wildman–Crippen MR) is 104 cm³/mol. The molecule has 1 aromatic heterocycles. The van der Waals surface area contributed by atoms with Gasteiger partial charge in [-0.2, -0.15) is 5.26 Å². The molecule has 3 aromatic rings. The minimum atomic E-state index is 0.631. The van der Waals surface area contributed by atoms with Gasteiger partial charge in [0.25, 0.3) is 0 Å². The second-order valence-corrected chi connectivity index (χ2v) is 6.49. The quantitative estimate of drug-likeness (QED) is 0.716. The molecule has 0 saturated carbocycles. The first-order valence-corrected chi connectivity index (χ1v) is 9.06. The van der Waals surface area contributed by atoms with Gasteiger partial charge in [-0.15, -0.1) is 0 Å². The van der Waals surface area contributed by atoms with Crippen LogP contribution in [0.2, 0.25) is 0 Å². The van der Waals surface area contributed by atoms with Crippen molar-refractivity contribution in [2.24, 2.45) is 0 Å². The van der Waals surface area contributed by atoms with Gasteiger partial charge in [0.05, 0.1) is 30.5 Å². The summed E-state index contributed by atoms with van der Waals surface area (Å²) in [5, 5.41) is 9.08. The Balaban J connectivity index is 1.50. The standard InChI is InChI=1S/C22H20N4O/c23-16-18-2-1-3-19(14-18)21-8-9-24-22(25-21)15-17-4-6-20(7-5-17)26-10-12-27-13-11-26/h1-9,14H,10-13,15H2. The lowest BCUT2D eigenvalue weighted by Gasteiger charge is -2.28. The highest BCUT2D eigenvalue weighted by Gasteiger charge is 2.11. The van der Waals surface area contributed by atoms with Crippen molar-refractivity contribution in [1.29, 1.82) is 5.26 Å². The number of ether oxygens (including phenoxy) is 1. The minimum absolute atomic E-state index is 0.631. The van der Waals surface area contributed by atoms with Crippen molar-refractivity contribution in [3.63, 3.8) is 0 Å². The van der Waals surface area contributed by atoms with Crippen molar-refractivity contribution in [3.8, 4) is 17.3 Å². The predicted octanol–water partition coefficient (Wildman–Crippen LogP) is 3.44. The number of benzene rings is 2. The molecule has 1 fully saturated rings. The van der Waals surface area contributed by atoms with E-state index in [2.05, 4.69) is 45.2 Å². The third-order valence-electron chi connectivity index (χ3n) is 4.67. The molecule has 2 aromatic carbocycles. The van der Waals surface area contributed by atoms with E-state index in [4.69, 9.17) is 10.00 Å². The fraction of sp³-hybridized carbons (Fsp3) is 0.227. The molecule has 0 amide bonds. The fourth-order valence-electron chi connectivity index (χ4n) is 3.22. The molecule has 5 heteroatoms. The lowest BCUT2D eigenvalue weighted by atomic mass is 10.1. The smallest absolute Gasteiger partial charge is 0.133 e. The number of hydrogen-bond acceptors (Lipinski definition) is 5. The molecule has 2 heterocycles. The monoisotopic (exact) mass is 356 g/mol. The molecule has 0 aliphatic carbocycles. The number of morpholine rings is 1. The van der Waals surface area contributed by atoms with Crippen LogP contribution >= 0.6 is 0 Å². The Morgan fingerprint density at radius 1 is 1.04 bits per heavy atom. The molecule has 1 aliphatic rings. The van der Waals surface area contributed by atoms with Crippen LogP contribution in [0.5, 0.6) is 0 Å².